The van der Waals surface area contributed by atoms with E-state index in [1.54, 1.807) is 32.4 Å². The average Bonchev–Trinajstić information content (AvgIpc) is 2.90. The highest BCUT2D eigenvalue weighted by Crippen LogP contribution is 2.32. The van der Waals surface area contributed by atoms with Gasteiger partial charge in [-0.2, -0.15) is 0 Å². The fourth-order valence-corrected chi connectivity index (χ4v) is 4.60. The van der Waals surface area contributed by atoms with Crippen molar-refractivity contribution in [1.82, 2.24) is 10.2 Å². The second kappa shape index (κ2) is 15.5. The SMILES string of the molecule is COc1cc(COc2cc(N)c(Cl)cc2C(=O)CCCCN2CCC(CNC(N)=O)CC2)cc(OC)c1.Cl. The van der Waals surface area contributed by atoms with Gasteiger partial charge in [0.15, 0.2) is 5.78 Å². The summed E-state index contributed by atoms with van der Waals surface area (Å²) < 4.78 is 16.7. The number of primary amides is 1. The molecule has 2 aromatic rings. The number of nitrogens with two attached hydrogens (primary N) is 2. The van der Waals surface area contributed by atoms with E-state index in [9.17, 15) is 9.59 Å². The second-order valence-electron chi connectivity index (χ2n) is 9.29. The molecule has 0 unspecified atom stereocenters. The highest BCUT2D eigenvalue weighted by molar-refractivity contribution is 6.33. The van der Waals surface area contributed by atoms with Gasteiger partial charge in [-0.1, -0.05) is 11.6 Å². The lowest BCUT2D eigenvalue weighted by Gasteiger charge is -2.31. The molecule has 1 heterocycles. The number of carbonyl (C=O) groups excluding carboxylic acids is 2. The molecule has 5 N–H and O–H groups in total. The lowest BCUT2D eigenvalue weighted by molar-refractivity contribution is 0.0972. The van der Waals surface area contributed by atoms with Crippen molar-refractivity contribution in [3.63, 3.8) is 0 Å². The van der Waals surface area contributed by atoms with E-state index in [-0.39, 0.29) is 24.8 Å². The molecule has 1 fully saturated rings. The Morgan fingerprint density at radius 1 is 1.05 bits per heavy atom. The van der Waals surface area contributed by atoms with Crippen LogP contribution in [0.15, 0.2) is 30.3 Å². The molecule has 3 rings (SSSR count). The minimum atomic E-state index is -0.469. The Labute approximate surface area is 235 Å². The van der Waals surface area contributed by atoms with Crippen LogP contribution in [-0.4, -0.2) is 57.1 Å². The van der Waals surface area contributed by atoms with Gasteiger partial charge in [-0.25, -0.2) is 4.79 Å². The molecule has 0 atom stereocenters. The van der Waals surface area contributed by atoms with Crippen molar-refractivity contribution in [3.8, 4) is 17.2 Å². The quantitative estimate of drug-likeness (QED) is 0.182. The average molecular weight is 570 g/mol. The highest BCUT2D eigenvalue weighted by atomic mass is 35.5. The largest absolute Gasteiger partial charge is 0.497 e. The summed E-state index contributed by atoms with van der Waals surface area (Å²) in [6.45, 7) is 3.75. The number of ether oxygens (including phenoxy) is 3. The number of likely N-dealkylation sites (tertiary alicyclic amines) is 1. The Morgan fingerprint density at radius 3 is 2.32 bits per heavy atom. The van der Waals surface area contributed by atoms with Crippen molar-refractivity contribution >= 4 is 41.5 Å². The Bertz CT molecular complexity index is 1060. The molecule has 38 heavy (non-hydrogen) atoms. The molecule has 1 saturated heterocycles. The molecule has 0 aliphatic carbocycles. The molecule has 0 saturated carbocycles. The molecule has 1 aliphatic rings. The molecule has 2 amide bonds. The summed E-state index contributed by atoms with van der Waals surface area (Å²) in [6.07, 6.45) is 4.13. The van der Waals surface area contributed by atoms with Gasteiger partial charge in [0.2, 0.25) is 0 Å². The van der Waals surface area contributed by atoms with Crippen molar-refractivity contribution in [2.45, 2.75) is 38.7 Å². The van der Waals surface area contributed by atoms with Crippen LogP contribution in [-0.2, 0) is 6.61 Å². The number of anilines is 1. The summed E-state index contributed by atoms with van der Waals surface area (Å²) in [7, 11) is 3.17. The molecular formula is C27H38Cl2N4O5. The van der Waals surface area contributed by atoms with E-state index < -0.39 is 6.03 Å². The van der Waals surface area contributed by atoms with Crippen LogP contribution >= 0.6 is 24.0 Å². The van der Waals surface area contributed by atoms with Crippen LogP contribution in [0.2, 0.25) is 5.02 Å². The summed E-state index contributed by atoms with van der Waals surface area (Å²) in [6, 6.07) is 8.20. The number of rotatable bonds is 13. The fraction of sp³-hybridized carbons (Fsp3) is 0.481. The van der Waals surface area contributed by atoms with Gasteiger partial charge >= 0.3 is 6.03 Å². The van der Waals surface area contributed by atoms with Gasteiger partial charge in [0.05, 0.1) is 30.5 Å². The molecule has 11 heteroatoms. The van der Waals surface area contributed by atoms with Crippen LogP contribution in [0.5, 0.6) is 17.2 Å². The van der Waals surface area contributed by atoms with E-state index in [2.05, 4.69) is 10.2 Å². The summed E-state index contributed by atoms with van der Waals surface area (Å²) in [4.78, 5) is 26.4. The molecule has 0 radical (unpaired) electrons. The van der Waals surface area contributed by atoms with Crippen molar-refractivity contribution in [3.05, 3.63) is 46.5 Å². The number of piperidine rings is 1. The zero-order valence-electron chi connectivity index (χ0n) is 22.0. The van der Waals surface area contributed by atoms with E-state index in [4.69, 9.17) is 37.3 Å². The lowest BCUT2D eigenvalue weighted by Crippen LogP contribution is -2.40. The van der Waals surface area contributed by atoms with Gasteiger partial charge < -0.3 is 35.9 Å². The summed E-state index contributed by atoms with van der Waals surface area (Å²) in [5.74, 6) is 2.14. The summed E-state index contributed by atoms with van der Waals surface area (Å²) in [5, 5.41) is 3.02. The first-order chi connectivity index (χ1) is 17.8. The van der Waals surface area contributed by atoms with Gasteiger partial charge in [0.25, 0.3) is 0 Å². The minimum absolute atomic E-state index is 0. The van der Waals surface area contributed by atoms with E-state index in [1.807, 2.05) is 12.1 Å². The maximum Gasteiger partial charge on any atom is 0.312 e. The number of hydrogen-bond acceptors (Lipinski definition) is 7. The van der Waals surface area contributed by atoms with E-state index in [0.29, 0.717) is 52.4 Å². The Hall–Kier alpha value is -2.88. The first kappa shape index (κ1) is 31.3. The van der Waals surface area contributed by atoms with Crippen molar-refractivity contribution in [2.75, 3.05) is 46.1 Å². The number of urea groups is 1. The summed E-state index contributed by atoms with van der Waals surface area (Å²) in [5.41, 5.74) is 12.8. The molecule has 0 aromatic heterocycles. The molecule has 2 aromatic carbocycles. The number of hydrogen-bond donors (Lipinski definition) is 3. The number of Topliss-reactive ketones (excluding diaryl/α,β-unsaturated/α-hetero) is 1. The smallest absolute Gasteiger partial charge is 0.312 e. The number of ketones is 1. The lowest BCUT2D eigenvalue weighted by atomic mass is 9.96. The van der Waals surface area contributed by atoms with Crippen LogP contribution in [0.25, 0.3) is 0 Å². The normalized spacial score (nSPS) is 13.9. The van der Waals surface area contributed by atoms with E-state index >= 15 is 0 Å². The Kier molecular flexibility index (Phi) is 12.8. The molecular weight excluding hydrogens is 531 g/mol. The first-order valence-electron chi connectivity index (χ1n) is 12.5. The third-order valence-corrected chi connectivity index (χ3v) is 6.93. The van der Waals surface area contributed by atoms with Gasteiger partial charge in [0.1, 0.15) is 23.9 Å². The maximum absolute atomic E-state index is 13.1. The summed E-state index contributed by atoms with van der Waals surface area (Å²) >= 11 is 6.24. The van der Waals surface area contributed by atoms with Gasteiger partial charge in [0, 0.05) is 25.1 Å². The second-order valence-corrected chi connectivity index (χ2v) is 9.70. The van der Waals surface area contributed by atoms with Crippen LogP contribution < -0.4 is 31.0 Å². The minimum Gasteiger partial charge on any atom is -0.497 e. The van der Waals surface area contributed by atoms with Crippen LogP contribution in [0, 0.1) is 5.92 Å². The first-order valence-corrected chi connectivity index (χ1v) is 12.9. The molecule has 1 aliphatic heterocycles. The fourth-order valence-electron chi connectivity index (χ4n) is 4.43. The maximum atomic E-state index is 13.1. The number of unbranched alkanes of at least 4 members (excludes halogenated alkanes) is 1. The molecule has 0 bridgehead atoms. The van der Waals surface area contributed by atoms with E-state index in [0.717, 1.165) is 50.9 Å². The number of nitrogens with zero attached hydrogens (tertiary/aromatic N) is 1. The van der Waals surface area contributed by atoms with E-state index in [1.165, 1.54) is 0 Å². The number of amides is 2. The van der Waals surface area contributed by atoms with Crippen LogP contribution in [0.1, 0.15) is 48.0 Å². The standard InChI is InChI=1S/C27H37ClN4O5.ClH/c1-35-20-11-19(12-21(13-20)36-2)17-37-26-15-24(29)23(28)14-22(26)25(33)5-3-4-8-32-9-6-18(7-10-32)16-31-27(30)34;/h11-15,18H,3-10,16-17,29H2,1-2H3,(H3,30,31,34);1H. The predicted octanol–water partition coefficient (Wildman–Crippen LogP) is 4.67. The zero-order chi connectivity index (χ0) is 26.8. The number of methoxy groups -OCH3 is 2. The molecule has 9 nitrogen and oxygen atoms in total. The zero-order valence-corrected chi connectivity index (χ0v) is 23.5. The number of benzene rings is 2. The monoisotopic (exact) mass is 568 g/mol. The Balaban J connectivity index is 0.00000507. The van der Waals surface area contributed by atoms with Crippen molar-refractivity contribution in [1.29, 1.82) is 0 Å². The van der Waals surface area contributed by atoms with Gasteiger partial charge in [-0.3, -0.25) is 4.79 Å². The van der Waals surface area contributed by atoms with Gasteiger partial charge in [-0.05, 0) is 75.0 Å². The third kappa shape index (κ3) is 9.45. The topological polar surface area (TPSA) is 129 Å². The number of nitrogens with one attached hydrogen (secondary N) is 1. The molecule has 0 spiro atoms. The van der Waals surface area contributed by atoms with Crippen molar-refractivity contribution in [2.24, 2.45) is 11.7 Å². The highest BCUT2D eigenvalue weighted by Gasteiger charge is 2.20. The predicted molar refractivity (Wildman–Crippen MR) is 152 cm³/mol. The van der Waals surface area contributed by atoms with Crippen molar-refractivity contribution < 1.29 is 23.8 Å². The number of nitrogen functional groups attached to an aromatic ring is 1. The van der Waals surface area contributed by atoms with Crippen LogP contribution in [0.4, 0.5) is 10.5 Å². The number of halogens is 2. The number of carbonyl (C=O) groups is 2. The Morgan fingerprint density at radius 2 is 1.71 bits per heavy atom. The van der Waals surface area contributed by atoms with Gasteiger partial charge in [-0.15, -0.1) is 12.4 Å². The third-order valence-electron chi connectivity index (χ3n) is 6.61. The molecule has 210 valence electrons. The van der Waals surface area contributed by atoms with Crippen LogP contribution in [0.3, 0.4) is 0 Å².